The van der Waals surface area contributed by atoms with E-state index in [2.05, 4.69) is 0 Å². The predicted molar refractivity (Wildman–Crippen MR) is 49.1 cm³/mol. The quantitative estimate of drug-likeness (QED) is 0.378. The maximum atomic E-state index is 10.3. The minimum atomic E-state index is -0.194. The Morgan fingerprint density at radius 3 is 2.62 bits per heavy atom. The molecule has 1 amide bonds. The van der Waals surface area contributed by atoms with Crippen molar-refractivity contribution < 1.29 is 10.0 Å². The zero-order chi connectivity index (χ0) is 9.68. The highest BCUT2D eigenvalue weighted by Crippen LogP contribution is 2.29. The number of amides is 1. The molecular weight excluding hydrogens is 168 g/mol. The molecule has 0 saturated heterocycles. The molecule has 3 N–H and O–H groups in total. The molecule has 0 bridgehead atoms. The summed E-state index contributed by atoms with van der Waals surface area (Å²) in [4.78, 5) is 10.3. The van der Waals surface area contributed by atoms with Crippen LogP contribution in [0.4, 0.5) is 0 Å². The van der Waals surface area contributed by atoms with E-state index in [0.717, 1.165) is 6.42 Å². The molecule has 0 heterocycles. The van der Waals surface area contributed by atoms with E-state index in [1.54, 1.807) is 0 Å². The Hall–Kier alpha value is -0.610. The van der Waals surface area contributed by atoms with Gasteiger partial charge in [0.1, 0.15) is 0 Å². The van der Waals surface area contributed by atoms with Gasteiger partial charge in [-0.2, -0.15) is 0 Å². The van der Waals surface area contributed by atoms with Gasteiger partial charge in [-0.1, -0.05) is 25.7 Å². The van der Waals surface area contributed by atoms with E-state index in [9.17, 15) is 4.79 Å². The monoisotopic (exact) mass is 186 g/mol. The zero-order valence-electron chi connectivity index (χ0n) is 7.85. The Balaban J connectivity index is 2.33. The molecule has 1 saturated carbocycles. The van der Waals surface area contributed by atoms with Crippen LogP contribution in [0.2, 0.25) is 0 Å². The van der Waals surface area contributed by atoms with E-state index in [1.165, 1.54) is 25.7 Å². The second-order valence-corrected chi connectivity index (χ2v) is 3.76. The fourth-order valence-electron chi connectivity index (χ4n) is 2.03. The van der Waals surface area contributed by atoms with Crippen LogP contribution < -0.4 is 5.73 Å². The maximum Gasteiger partial charge on any atom is 0.233 e. The highest BCUT2D eigenvalue weighted by molar-refractivity contribution is 5.45. The lowest BCUT2D eigenvalue weighted by atomic mass is 9.98. The average Bonchev–Trinajstić information content (AvgIpc) is 2.65. The number of nitrogens with two attached hydrogens (primary N) is 1. The normalized spacial score (nSPS) is 20.2. The summed E-state index contributed by atoms with van der Waals surface area (Å²) in [6, 6.07) is -0.194. The van der Waals surface area contributed by atoms with E-state index in [1.807, 2.05) is 0 Å². The standard InChI is InChI=1S/C9H18N2O2/c10-6-9(11(13)7-12)5-8-3-1-2-4-8/h7-9,13H,1-6,10H2. The molecule has 4 nitrogen and oxygen atoms in total. The van der Waals surface area contributed by atoms with Gasteiger partial charge in [-0.3, -0.25) is 10.0 Å². The third kappa shape index (κ3) is 2.97. The van der Waals surface area contributed by atoms with Gasteiger partial charge in [0.15, 0.2) is 0 Å². The molecule has 1 unspecified atom stereocenters. The summed E-state index contributed by atoms with van der Waals surface area (Å²) in [5.74, 6) is 0.642. The van der Waals surface area contributed by atoms with Crippen LogP contribution in [0.25, 0.3) is 0 Å². The largest absolute Gasteiger partial charge is 0.328 e. The van der Waals surface area contributed by atoms with E-state index >= 15 is 0 Å². The van der Waals surface area contributed by atoms with Crippen LogP contribution in [0.15, 0.2) is 0 Å². The lowest BCUT2D eigenvalue weighted by Gasteiger charge is -2.23. The Bertz CT molecular complexity index is 158. The molecule has 0 radical (unpaired) electrons. The Morgan fingerprint density at radius 1 is 1.54 bits per heavy atom. The molecule has 0 aliphatic heterocycles. The zero-order valence-corrected chi connectivity index (χ0v) is 7.85. The lowest BCUT2D eigenvalue weighted by Crippen LogP contribution is -2.38. The van der Waals surface area contributed by atoms with Crippen LogP contribution in [0.1, 0.15) is 32.1 Å². The van der Waals surface area contributed by atoms with Crippen molar-refractivity contribution in [3.63, 3.8) is 0 Å². The van der Waals surface area contributed by atoms with Crippen LogP contribution in [0.3, 0.4) is 0 Å². The SMILES string of the molecule is NCC(CC1CCCC1)N(O)C=O. The fraction of sp³-hybridized carbons (Fsp3) is 0.889. The van der Waals surface area contributed by atoms with Crippen LogP contribution >= 0.6 is 0 Å². The second kappa shape index (κ2) is 5.19. The van der Waals surface area contributed by atoms with Gasteiger partial charge in [0.05, 0.1) is 6.04 Å². The van der Waals surface area contributed by atoms with Gasteiger partial charge in [-0.05, 0) is 12.3 Å². The van der Waals surface area contributed by atoms with Gasteiger partial charge in [0.25, 0.3) is 0 Å². The molecular formula is C9H18N2O2. The van der Waals surface area contributed by atoms with Gasteiger partial charge in [-0.15, -0.1) is 0 Å². The summed E-state index contributed by atoms with van der Waals surface area (Å²) in [5, 5.41) is 9.87. The van der Waals surface area contributed by atoms with E-state index in [-0.39, 0.29) is 6.04 Å². The van der Waals surface area contributed by atoms with Crippen LogP contribution in [0, 0.1) is 5.92 Å². The van der Waals surface area contributed by atoms with Gasteiger partial charge < -0.3 is 5.73 Å². The van der Waals surface area contributed by atoms with Crippen molar-refractivity contribution in [3.8, 4) is 0 Å². The number of hydroxylamine groups is 2. The Labute approximate surface area is 78.7 Å². The van der Waals surface area contributed by atoms with Crippen molar-refractivity contribution in [1.82, 2.24) is 5.06 Å². The van der Waals surface area contributed by atoms with Gasteiger partial charge >= 0.3 is 0 Å². The summed E-state index contributed by atoms with van der Waals surface area (Å²) in [5.41, 5.74) is 5.47. The molecule has 1 aliphatic carbocycles. The summed E-state index contributed by atoms with van der Waals surface area (Å²) in [7, 11) is 0. The van der Waals surface area contributed by atoms with Gasteiger partial charge in [0, 0.05) is 6.54 Å². The van der Waals surface area contributed by atoms with Crippen molar-refractivity contribution in [2.75, 3.05) is 6.54 Å². The van der Waals surface area contributed by atoms with Crippen molar-refractivity contribution in [2.24, 2.45) is 11.7 Å². The minimum absolute atomic E-state index is 0.194. The smallest absolute Gasteiger partial charge is 0.233 e. The first-order valence-corrected chi connectivity index (χ1v) is 4.90. The van der Waals surface area contributed by atoms with Crippen LogP contribution in [0.5, 0.6) is 0 Å². The third-order valence-electron chi connectivity index (χ3n) is 2.83. The van der Waals surface area contributed by atoms with Crippen molar-refractivity contribution >= 4 is 6.41 Å². The molecule has 0 aromatic rings. The van der Waals surface area contributed by atoms with Crippen molar-refractivity contribution in [1.29, 1.82) is 0 Å². The van der Waals surface area contributed by atoms with Gasteiger partial charge in [0.2, 0.25) is 6.41 Å². The second-order valence-electron chi connectivity index (χ2n) is 3.76. The fourth-order valence-corrected chi connectivity index (χ4v) is 2.03. The van der Waals surface area contributed by atoms with E-state index in [4.69, 9.17) is 10.9 Å². The maximum absolute atomic E-state index is 10.3. The Morgan fingerprint density at radius 2 is 2.15 bits per heavy atom. The first kappa shape index (κ1) is 10.5. The summed E-state index contributed by atoms with van der Waals surface area (Å²) in [6.45, 7) is 0.339. The predicted octanol–water partition coefficient (Wildman–Crippen LogP) is 0.742. The molecule has 13 heavy (non-hydrogen) atoms. The summed E-state index contributed by atoms with van der Waals surface area (Å²) >= 11 is 0. The molecule has 1 aliphatic rings. The highest BCUT2D eigenvalue weighted by atomic mass is 16.5. The average molecular weight is 186 g/mol. The number of carbonyl (C=O) groups is 1. The van der Waals surface area contributed by atoms with Crippen LogP contribution in [-0.2, 0) is 4.79 Å². The molecule has 1 atom stereocenters. The number of hydrogen-bond donors (Lipinski definition) is 2. The van der Waals surface area contributed by atoms with E-state index < -0.39 is 0 Å². The highest BCUT2D eigenvalue weighted by Gasteiger charge is 2.22. The molecule has 1 fully saturated rings. The third-order valence-corrected chi connectivity index (χ3v) is 2.83. The summed E-state index contributed by atoms with van der Waals surface area (Å²) < 4.78 is 0. The molecule has 4 heteroatoms. The molecule has 0 aromatic heterocycles. The first-order valence-electron chi connectivity index (χ1n) is 4.90. The Kier molecular flexibility index (Phi) is 4.18. The van der Waals surface area contributed by atoms with E-state index in [0.29, 0.717) is 23.9 Å². The molecule has 76 valence electrons. The van der Waals surface area contributed by atoms with Crippen molar-refractivity contribution in [3.05, 3.63) is 0 Å². The first-order chi connectivity index (χ1) is 6.27. The number of rotatable bonds is 5. The molecule has 1 rings (SSSR count). The van der Waals surface area contributed by atoms with Gasteiger partial charge in [-0.25, -0.2) is 5.06 Å². The number of carbonyl (C=O) groups excluding carboxylic acids is 1. The minimum Gasteiger partial charge on any atom is -0.328 e. The number of hydrogen-bond acceptors (Lipinski definition) is 3. The number of nitrogens with zero attached hydrogens (tertiary/aromatic N) is 1. The van der Waals surface area contributed by atoms with Crippen molar-refractivity contribution in [2.45, 2.75) is 38.1 Å². The topological polar surface area (TPSA) is 66.6 Å². The molecule has 0 spiro atoms. The molecule has 0 aromatic carbocycles. The lowest BCUT2D eigenvalue weighted by molar-refractivity contribution is -0.160. The van der Waals surface area contributed by atoms with Crippen LogP contribution in [-0.4, -0.2) is 29.3 Å². The summed E-state index contributed by atoms with van der Waals surface area (Å²) in [6.07, 6.45) is 6.24.